The van der Waals surface area contributed by atoms with E-state index >= 15 is 4.39 Å². The Hall–Kier alpha value is -4.86. The van der Waals surface area contributed by atoms with Crippen molar-refractivity contribution in [1.29, 1.82) is 0 Å². The maximum absolute atomic E-state index is 16.1. The number of imide groups is 2. The Labute approximate surface area is 327 Å². The lowest BCUT2D eigenvalue weighted by molar-refractivity contribution is -0.179. The molecule has 6 heterocycles. The van der Waals surface area contributed by atoms with Gasteiger partial charge in [-0.05, 0) is 87.8 Å². The molecule has 1 aliphatic carbocycles. The topological polar surface area (TPSA) is 129 Å². The Morgan fingerprint density at radius 2 is 1.70 bits per heavy atom. The molecule has 0 radical (unpaired) electrons. The van der Waals surface area contributed by atoms with E-state index in [9.17, 15) is 28.0 Å². The zero-order valence-electron chi connectivity index (χ0n) is 31.9. The summed E-state index contributed by atoms with van der Waals surface area (Å²) < 4.78 is 52.4. The number of carbonyl (C=O) groups excluding carboxylic acids is 4. The van der Waals surface area contributed by atoms with Crippen molar-refractivity contribution in [2.24, 2.45) is 0 Å². The number of benzene rings is 2. The van der Waals surface area contributed by atoms with Crippen LogP contribution in [0.25, 0.3) is 21.8 Å². The molecule has 4 aromatic rings. The lowest BCUT2D eigenvalue weighted by atomic mass is 9.82. The molecule has 15 heteroatoms. The van der Waals surface area contributed by atoms with Crippen LogP contribution in [0.15, 0.2) is 54.9 Å². The number of alkyl halides is 3. The van der Waals surface area contributed by atoms with Crippen LogP contribution in [-0.2, 0) is 9.59 Å². The molecule has 5 aliphatic rings. The molecule has 0 spiro atoms. The summed E-state index contributed by atoms with van der Waals surface area (Å²) in [5.41, 5.74) is 1.44. The van der Waals surface area contributed by atoms with Gasteiger partial charge in [0, 0.05) is 74.1 Å². The zero-order valence-corrected chi connectivity index (χ0v) is 31.9. The molecule has 2 N–H and O–H groups in total. The molecule has 300 valence electrons. The lowest BCUT2D eigenvalue weighted by Gasteiger charge is -2.56. The summed E-state index contributed by atoms with van der Waals surface area (Å²) in [6, 6.07) is 11.3. The van der Waals surface area contributed by atoms with Crippen LogP contribution >= 0.6 is 0 Å². The van der Waals surface area contributed by atoms with Crippen LogP contribution in [0.1, 0.15) is 104 Å². The minimum Gasteiger partial charge on any atom is -0.473 e. The van der Waals surface area contributed by atoms with Crippen LogP contribution in [0, 0.1) is 0 Å². The van der Waals surface area contributed by atoms with Crippen molar-refractivity contribution in [3.63, 3.8) is 0 Å². The first-order valence-electron chi connectivity index (χ1n) is 20.0. The van der Waals surface area contributed by atoms with Gasteiger partial charge in [0.25, 0.3) is 11.8 Å². The van der Waals surface area contributed by atoms with Crippen molar-refractivity contribution in [3.8, 4) is 5.75 Å². The van der Waals surface area contributed by atoms with Crippen LogP contribution in [0.5, 0.6) is 5.75 Å². The Balaban J connectivity index is 0.856. The molecule has 4 unspecified atom stereocenters. The smallest absolute Gasteiger partial charge is 0.319 e. The first-order chi connectivity index (χ1) is 27.4. The highest BCUT2D eigenvalue weighted by Crippen LogP contribution is 2.45. The highest BCUT2D eigenvalue weighted by Gasteiger charge is 2.51. The van der Waals surface area contributed by atoms with Gasteiger partial charge < -0.3 is 4.74 Å². The first-order valence-corrected chi connectivity index (χ1v) is 20.0. The van der Waals surface area contributed by atoms with Crippen molar-refractivity contribution in [2.75, 3.05) is 19.6 Å². The number of hydrogen-bond acceptors (Lipinski definition) is 9. The van der Waals surface area contributed by atoms with Gasteiger partial charge in [-0.3, -0.25) is 54.1 Å². The van der Waals surface area contributed by atoms with Crippen molar-refractivity contribution < 1.29 is 37.1 Å². The number of hydrogen-bond donors (Lipinski definition) is 2. The van der Waals surface area contributed by atoms with E-state index in [0.717, 1.165) is 47.1 Å². The van der Waals surface area contributed by atoms with Gasteiger partial charge in [0.1, 0.15) is 18.0 Å². The van der Waals surface area contributed by atoms with E-state index in [2.05, 4.69) is 39.3 Å². The highest BCUT2D eigenvalue weighted by molar-refractivity contribution is 6.23. The number of rotatable bonds is 9. The molecule has 2 aromatic heterocycles. The lowest BCUT2D eigenvalue weighted by Crippen LogP contribution is -2.66. The fraction of sp³-hybridized carbons (Fsp3) is 0.500. The average molecular weight is 786 g/mol. The van der Waals surface area contributed by atoms with Gasteiger partial charge in [0.05, 0.1) is 28.3 Å². The molecule has 57 heavy (non-hydrogen) atoms. The summed E-state index contributed by atoms with van der Waals surface area (Å²) in [6.07, 6.45) is 6.09. The van der Waals surface area contributed by atoms with E-state index in [4.69, 9.17) is 4.74 Å². The quantitative estimate of drug-likeness (QED) is 0.159. The second-order valence-corrected chi connectivity index (χ2v) is 16.4. The van der Waals surface area contributed by atoms with Crippen molar-refractivity contribution >= 4 is 45.4 Å². The normalized spacial score (nSPS) is 25.9. The number of amides is 4. The number of nitrogens with zero attached hydrogens (tertiary/aromatic N) is 5. The number of aromatic nitrogens is 2. The first kappa shape index (κ1) is 37.7. The van der Waals surface area contributed by atoms with Crippen LogP contribution in [0.4, 0.5) is 13.2 Å². The fourth-order valence-corrected chi connectivity index (χ4v) is 10.2. The summed E-state index contributed by atoms with van der Waals surface area (Å²) >= 11 is 0. The van der Waals surface area contributed by atoms with E-state index < -0.39 is 54.3 Å². The Kier molecular flexibility index (Phi) is 9.60. The predicted octanol–water partition coefficient (Wildman–Crippen LogP) is 5.86. The van der Waals surface area contributed by atoms with Gasteiger partial charge in [-0.15, -0.1) is 0 Å². The second kappa shape index (κ2) is 14.5. The number of carbonyl (C=O) groups is 4. The van der Waals surface area contributed by atoms with E-state index in [1.165, 1.54) is 6.20 Å². The third kappa shape index (κ3) is 6.38. The zero-order chi connectivity index (χ0) is 39.7. The standard InChI is InChI=1S/C42H46F3N7O5/c1-23(2)52(42(13-3-14-42)57-27-5-7-29-30(20-27)40(56)51(39(29)55)34-8-9-36(53)48-38(34)54)26-11-16-49(17-12-26)37-32(43)18-25(21-47-37)24-4-6-28-31-22-46-15-10-33(31)50(41(44)45)35(28)19-24/h4-7,10,15,19-20,22-23,25-26,32,34,37,41,47H,3,8-9,11-14,16-18,21H2,1-2H3,(H,48,53,54). The van der Waals surface area contributed by atoms with Crippen LogP contribution in [0.3, 0.4) is 0 Å². The van der Waals surface area contributed by atoms with Crippen LogP contribution < -0.4 is 15.4 Å². The van der Waals surface area contributed by atoms with Gasteiger partial charge in [0.2, 0.25) is 11.8 Å². The Morgan fingerprint density at radius 1 is 0.930 bits per heavy atom. The molecule has 3 saturated heterocycles. The summed E-state index contributed by atoms with van der Waals surface area (Å²) in [6.45, 7) is 3.48. The number of halogens is 3. The van der Waals surface area contributed by atoms with Gasteiger partial charge in [-0.2, -0.15) is 8.78 Å². The molecule has 12 nitrogen and oxygen atoms in total. The summed E-state index contributed by atoms with van der Waals surface area (Å²) in [5.74, 6) is -1.91. The molecule has 2 aromatic carbocycles. The number of nitrogens with one attached hydrogen (secondary N) is 2. The monoisotopic (exact) mass is 785 g/mol. The number of likely N-dealkylation sites (tertiary alicyclic amines) is 1. The third-order valence-electron chi connectivity index (χ3n) is 12.9. The molecule has 4 aliphatic heterocycles. The molecule has 0 bridgehead atoms. The van der Waals surface area contributed by atoms with Gasteiger partial charge >= 0.3 is 6.55 Å². The Morgan fingerprint density at radius 3 is 2.39 bits per heavy atom. The van der Waals surface area contributed by atoms with E-state index in [1.54, 1.807) is 36.5 Å². The maximum atomic E-state index is 16.1. The van der Waals surface area contributed by atoms with Crippen molar-refractivity contribution in [1.82, 2.24) is 34.9 Å². The number of pyridine rings is 1. The largest absolute Gasteiger partial charge is 0.473 e. The van der Waals surface area contributed by atoms with Crippen molar-refractivity contribution in [3.05, 3.63) is 71.5 Å². The fourth-order valence-electron chi connectivity index (χ4n) is 10.2. The second-order valence-electron chi connectivity index (χ2n) is 16.4. The number of piperidine rings is 3. The highest BCUT2D eigenvalue weighted by atomic mass is 19.3. The third-order valence-corrected chi connectivity index (χ3v) is 12.9. The Bertz CT molecular complexity index is 2270. The van der Waals surface area contributed by atoms with E-state index in [1.807, 2.05) is 12.1 Å². The minimum absolute atomic E-state index is 0.0490. The summed E-state index contributed by atoms with van der Waals surface area (Å²) in [5, 5.41) is 7.05. The predicted molar refractivity (Wildman–Crippen MR) is 204 cm³/mol. The van der Waals surface area contributed by atoms with Gasteiger partial charge in [-0.1, -0.05) is 12.1 Å². The van der Waals surface area contributed by atoms with Crippen LogP contribution in [-0.4, -0.2) is 104 Å². The number of fused-ring (bicyclic) bond motifs is 4. The number of ether oxygens (including phenoxy) is 1. The SMILES string of the molecule is CC(C)N(C1CCN(C2NCC(c3ccc4c5cnccc5n(C(F)F)c4c3)CC2F)CC1)C1(Oc2ccc3c(c2)C(=O)N(C2CCC(=O)NC2=O)C3=O)CCC1. The van der Waals surface area contributed by atoms with Gasteiger partial charge in [-0.25, -0.2) is 4.39 Å². The molecular formula is C42H46F3N7O5. The van der Waals surface area contributed by atoms with Crippen molar-refractivity contribution in [2.45, 2.75) is 114 Å². The molecule has 4 amide bonds. The average Bonchev–Trinajstić information content (AvgIpc) is 3.64. The van der Waals surface area contributed by atoms with E-state index in [-0.39, 0.29) is 48.4 Å². The van der Waals surface area contributed by atoms with Gasteiger partial charge in [0.15, 0.2) is 5.72 Å². The molecular weight excluding hydrogens is 739 g/mol. The van der Waals surface area contributed by atoms with Crippen LogP contribution in [0.2, 0.25) is 0 Å². The molecule has 1 saturated carbocycles. The molecule has 4 fully saturated rings. The molecule has 9 rings (SSSR count). The summed E-state index contributed by atoms with van der Waals surface area (Å²) in [7, 11) is 0. The molecule has 4 atom stereocenters. The maximum Gasteiger partial charge on any atom is 0.319 e. The minimum atomic E-state index is -2.72. The van der Waals surface area contributed by atoms with E-state index in [0.29, 0.717) is 47.2 Å². The summed E-state index contributed by atoms with van der Waals surface area (Å²) in [4.78, 5) is 60.8.